The molecule has 2 aromatic carbocycles. The molecule has 6 heteroatoms. The van der Waals surface area contributed by atoms with E-state index in [1.54, 1.807) is 24.4 Å². The number of likely N-dealkylation sites (tertiary alicyclic amines) is 1. The molecule has 0 saturated carbocycles. The largest absolute Gasteiger partial charge is 0.507 e. The second-order valence-electron chi connectivity index (χ2n) is 6.77. The quantitative estimate of drug-likeness (QED) is 0.707. The summed E-state index contributed by atoms with van der Waals surface area (Å²) in [6.07, 6.45) is 2.97. The van der Waals surface area contributed by atoms with Gasteiger partial charge in [-0.15, -0.1) is 0 Å². The van der Waals surface area contributed by atoms with Crippen LogP contribution in [0.3, 0.4) is 0 Å². The second kappa shape index (κ2) is 7.68. The zero-order valence-electron chi connectivity index (χ0n) is 15.2. The summed E-state index contributed by atoms with van der Waals surface area (Å²) in [7, 11) is 0. The predicted octanol–water partition coefficient (Wildman–Crippen LogP) is 3.29. The number of rotatable bonds is 4. The highest BCUT2D eigenvalue weighted by Crippen LogP contribution is 2.25. The van der Waals surface area contributed by atoms with E-state index >= 15 is 0 Å². The number of phenols is 1. The normalized spacial score (nSPS) is 16.3. The summed E-state index contributed by atoms with van der Waals surface area (Å²) in [6.45, 7) is 0.561. The number of nitrogens with zero attached hydrogens (tertiary/aromatic N) is 2. The van der Waals surface area contributed by atoms with E-state index < -0.39 is 12.0 Å². The summed E-state index contributed by atoms with van der Waals surface area (Å²) in [4.78, 5) is 31.3. The first-order valence-electron chi connectivity index (χ1n) is 9.23. The number of para-hydroxylation sites is 2. The average molecular weight is 376 g/mol. The molecule has 1 aliphatic heterocycles. The number of pyridine rings is 1. The minimum atomic E-state index is -0.643. The molecule has 1 N–H and O–H groups in total. The third-order valence-corrected chi connectivity index (χ3v) is 5.01. The molecule has 6 nitrogen and oxygen atoms in total. The van der Waals surface area contributed by atoms with Crippen LogP contribution in [-0.4, -0.2) is 39.5 Å². The van der Waals surface area contributed by atoms with Crippen molar-refractivity contribution in [2.45, 2.75) is 25.5 Å². The van der Waals surface area contributed by atoms with Gasteiger partial charge < -0.3 is 14.7 Å². The highest BCUT2D eigenvalue weighted by molar-refractivity contribution is 5.99. The fourth-order valence-electron chi connectivity index (χ4n) is 3.59. The molecular formula is C22H20N2O4. The van der Waals surface area contributed by atoms with E-state index in [4.69, 9.17) is 4.74 Å². The van der Waals surface area contributed by atoms with Crippen molar-refractivity contribution in [3.05, 3.63) is 71.9 Å². The molecule has 0 radical (unpaired) electrons. The number of aromatic nitrogens is 1. The van der Waals surface area contributed by atoms with Crippen molar-refractivity contribution in [1.29, 1.82) is 0 Å². The van der Waals surface area contributed by atoms with Crippen LogP contribution >= 0.6 is 0 Å². The number of phenolic OH excluding ortho intramolecular Hbond substituents is 1. The maximum absolute atomic E-state index is 12.8. The lowest BCUT2D eigenvalue weighted by Gasteiger charge is -2.23. The summed E-state index contributed by atoms with van der Waals surface area (Å²) in [5.41, 5.74) is 1.81. The Bertz CT molecular complexity index is 1030. The molecular weight excluding hydrogens is 356 g/mol. The van der Waals surface area contributed by atoms with Gasteiger partial charge in [-0.1, -0.05) is 36.4 Å². The van der Waals surface area contributed by atoms with Gasteiger partial charge in [0.1, 0.15) is 18.4 Å². The van der Waals surface area contributed by atoms with Crippen molar-refractivity contribution in [2.24, 2.45) is 0 Å². The van der Waals surface area contributed by atoms with Crippen LogP contribution in [-0.2, 0) is 16.1 Å². The molecule has 2 heterocycles. The maximum atomic E-state index is 12.8. The predicted molar refractivity (Wildman–Crippen MR) is 104 cm³/mol. The van der Waals surface area contributed by atoms with Gasteiger partial charge in [-0.05, 0) is 31.0 Å². The van der Waals surface area contributed by atoms with Crippen LogP contribution < -0.4 is 0 Å². The molecule has 3 aromatic rings. The van der Waals surface area contributed by atoms with Gasteiger partial charge in [-0.25, -0.2) is 4.79 Å². The van der Waals surface area contributed by atoms with Gasteiger partial charge in [0.15, 0.2) is 0 Å². The first-order valence-corrected chi connectivity index (χ1v) is 9.23. The molecule has 0 spiro atoms. The van der Waals surface area contributed by atoms with Crippen molar-refractivity contribution in [1.82, 2.24) is 9.88 Å². The van der Waals surface area contributed by atoms with Crippen LogP contribution in [0.1, 0.15) is 28.8 Å². The second-order valence-corrected chi connectivity index (χ2v) is 6.77. The number of aromatic hydroxyl groups is 1. The van der Waals surface area contributed by atoms with E-state index in [9.17, 15) is 14.7 Å². The van der Waals surface area contributed by atoms with Gasteiger partial charge in [0.25, 0.3) is 5.91 Å². The number of carbonyl (C=O) groups excluding carboxylic acids is 2. The number of carbonyl (C=O) groups is 2. The molecule has 0 bridgehead atoms. The van der Waals surface area contributed by atoms with Crippen LogP contribution in [0.4, 0.5) is 0 Å². The molecule has 0 unspecified atom stereocenters. The molecule has 0 aliphatic carbocycles. The van der Waals surface area contributed by atoms with Gasteiger partial charge in [0, 0.05) is 23.7 Å². The molecule has 1 amide bonds. The number of hydrogen-bond acceptors (Lipinski definition) is 5. The van der Waals surface area contributed by atoms with Gasteiger partial charge >= 0.3 is 5.97 Å². The van der Waals surface area contributed by atoms with Crippen molar-refractivity contribution < 1.29 is 19.4 Å². The third kappa shape index (κ3) is 3.41. The number of hydrogen-bond donors (Lipinski definition) is 1. The maximum Gasteiger partial charge on any atom is 0.329 e. The molecule has 4 rings (SSSR count). The Morgan fingerprint density at radius 1 is 1.11 bits per heavy atom. The summed E-state index contributed by atoms with van der Waals surface area (Å²) < 4.78 is 5.53. The lowest BCUT2D eigenvalue weighted by molar-refractivity contribution is -0.149. The minimum Gasteiger partial charge on any atom is -0.507 e. The Kier molecular flexibility index (Phi) is 4.93. The summed E-state index contributed by atoms with van der Waals surface area (Å²) in [6, 6.07) is 15.3. The van der Waals surface area contributed by atoms with E-state index in [1.165, 1.54) is 11.0 Å². The van der Waals surface area contributed by atoms with Gasteiger partial charge in [-0.2, -0.15) is 0 Å². The Morgan fingerprint density at radius 3 is 2.79 bits per heavy atom. The Labute approximate surface area is 162 Å². The standard InChI is InChI=1S/C22H20N2O4/c25-19-11-2-1-9-17(19)21(26)24-13-5-10-18(24)22(27)28-14-16-7-3-6-15-8-4-12-23-20(15)16/h1-4,6-9,11-12,18,25H,5,10,13-14H2/t18-/m0/s1. The molecule has 1 aliphatic rings. The summed E-state index contributed by atoms with van der Waals surface area (Å²) in [5, 5.41) is 10.9. The highest BCUT2D eigenvalue weighted by atomic mass is 16.5. The lowest BCUT2D eigenvalue weighted by atomic mass is 10.1. The Hall–Kier alpha value is -3.41. The Morgan fingerprint density at radius 2 is 1.93 bits per heavy atom. The van der Waals surface area contributed by atoms with Gasteiger partial charge in [0.05, 0.1) is 11.1 Å². The number of benzene rings is 2. The number of amides is 1. The minimum absolute atomic E-state index is 0.0895. The lowest BCUT2D eigenvalue weighted by Crippen LogP contribution is -2.41. The average Bonchev–Trinajstić information content (AvgIpc) is 3.22. The van der Waals surface area contributed by atoms with E-state index in [1.807, 2.05) is 30.3 Å². The SMILES string of the molecule is O=C(OCc1cccc2cccnc12)[C@@H]1CCCN1C(=O)c1ccccc1O. The van der Waals surface area contributed by atoms with E-state index in [2.05, 4.69) is 4.98 Å². The smallest absolute Gasteiger partial charge is 0.329 e. The monoisotopic (exact) mass is 376 g/mol. The third-order valence-electron chi connectivity index (χ3n) is 5.01. The van der Waals surface area contributed by atoms with E-state index in [0.717, 1.165) is 22.9 Å². The van der Waals surface area contributed by atoms with Gasteiger partial charge in [-0.3, -0.25) is 9.78 Å². The molecule has 1 aromatic heterocycles. The summed E-state index contributed by atoms with van der Waals surface area (Å²) in [5.74, 6) is -0.882. The summed E-state index contributed by atoms with van der Waals surface area (Å²) >= 11 is 0. The van der Waals surface area contributed by atoms with E-state index in [-0.39, 0.29) is 23.8 Å². The van der Waals surface area contributed by atoms with Crippen LogP contribution in [0.5, 0.6) is 5.75 Å². The molecule has 28 heavy (non-hydrogen) atoms. The zero-order valence-corrected chi connectivity index (χ0v) is 15.2. The molecule has 1 atom stereocenters. The molecule has 142 valence electrons. The number of fused-ring (bicyclic) bond motifs is 1. The topological polar surface area (TPSA) is 79.7 Å². The molecule has 1 saturated heterocycles. The first-order chi connectivity index (χ1) is 13.6. The number of ether oxygens (including phenoxy) is 1. The van der Waals surface area contributed by atoms with Crippen molar-refractivity contribution in [3.63, 3.8) is 0 Å². The van der Waals surface area contributed by atoms with Crippen LogP contribution in [0.25, 0.3) is 10.9 Å². The van der Waals surface area contributed by atoms with Crippen LogP contribution in [0, 0.1) is 0 Å². The first kappa shape index (κ1) is 18.0. The van der Waals surface area contributed by atoms with Gasteiger partial charge in [0.2, 0.25) is 0 Å². The van der Waals surface area contributed by atoms with Crippen LogP contribution in [0.15, 0.2) is 60.8 Å². The van der Waals surface area contributed by atoms with Crippen LogP contribution in [0.2, 0.25) is 0 Å². The molecule has 1 fully saturated rings. The fraction of sp³-hybridized carbons (Fsp3) is 0.227. The zero-order chi connectivity index (χ0) is 19.5. The van der Waals surface area contributed by atoms with Crippen molar-refractivity contribution in [3.8, 4) is 5.75 Å². The van der Waals surface area contributed by atoms with Crippen molar-refractivity contribution >= 4 is 22.8 Å². The Balaban J connectivity index is 1.48. The fourth-order valence-corrected chi connectivity index (χ4v) is 3.59. The van der Waals surface area contributed by atoms with E-state index in [0.29, 0.717) is 13.0 Å². The highest BCUT2D eigenvalue weighted by Gasteiger charge is 2.36. The van der Waals surface area contributed by atoms with Crippen molar-refractivity contribution in [2.75, 3.05) is 6.54 Å². The number of esters is 1.